The number of carbonyl (C=O) groups excluding carboxylic acids is 1. The van der Waals surface area contributed by atoms with E-state index in [0.717, 1.165) is 0 Å². The molecule has 0 heterocycles. The first-order valence-corrected chi connectivity index (χ1v) is 8.41. The second-order valence-electron chi connectivity index (χ2n) is 4.54. The normalized spacial score (nSPS) is 10.8. The van der Waals surface area contributed by atoms with Crippen molar-refractivity contribution in [2.75, 3.05) is 18.5 Å². The van der Waals surface area contributed by atoms with E-state index >= 15 is 0 Å². The Balaban J connectivity index is 2.07. The first-order chi connectivity index (χ1) is 11.0. The first-order valence-electron chi connectivity index (χ1n) is 7.00. The third-order valence-electron chi connectivity index (χ3n) is 2.81. The molecule has 6 nitrogen and oxygen atoms in total. The van der Waals surface area contributed by atoms with E-state index in [4.69, 9.17) is 8.92 Å². The lowest BCUT2D eigenvalue weighted by Gasteiger charge is -2.09. The zero-order chi connectivity index (χ0) is 16.7. The SMILES string of the molecule is CCOC(=O)CNc1cccc(OS(=O)(=O)c2ccccc2)c1. The molecule has 7 heteroatoms. The van der Waals surface area contributed by atoms with Crippen LogP contribution in [-0.2, 0) is 19.6 Å². The summed E-state index contributed by atoms with van der Waals surface area (Å²) in [5.41, 5.74) is 0.554. The minimum Gasteiger partial charge on any atom is -0.465 e. The predicted octanol–water partition coefficient (Wildman–Crippen LogP) is 2.43. The van der Waals surface area contributed by atoms with Gasteiger partial charge in [-0.3, -0.25) is 4.79 Å². The van der Waals surface area contributed by atoms with E-state index in [-0.39, 0.29) is 17.2 Å². The summed E-state index contributed by atoms with van der Waals surface area (Å²) in [4.78, 5) is 11.4. The maximum absolute atomic E-state index is 12.1. The van der Waals surface area contributed by atoms with Gasteiger partial charge in [0.15, 0.2) is 0 Å². The molecule has 1 N–H and O–H groups in total. The van der Waals surface area contributed by atoms with Crippen molar-refractivity contribution in [2.24, 2.45) is 0 Å². The molecule has 0 aliphatic carbocycles. The number of ether oxygens (including phenoxy) is 1. The molecule has 0 saturated carbocycles. The van der Waals surface area contributed by atoms with Crippen molar-refractivity contribution in [1.29, 1.82) is 0 Å². The molecule has 0 bridgehead atoms. The number of hydrogen-bond donors (Lipinski definition) is 1. The summed E-state index contributed by atoms with van der Waals surface area (Å²) in [5, 5.41) is 2.85. The lowest BCUT2D eigenvalue weighted by Crippen LogP contribution is -2.16. The van der Waals surface area contributed by atoms with Gasteiger partial charge in [-0.15, -0.1) is 0 Å². The van der Waals surface area contributed by atoms with Gasteiger partial charge in [0.2, 0.25) is 0 Å². The summed E-state index contributed by atoms with van der Waals surface area (Å²) < 4.78 is 34.2. The molecule has 0 aliphatic heterocycles. The maximum atomic E-state index is 12.1. The molecule has 0 spiro atoms. The van der Waals surface area contributed by atoms with E-state index in [0.29, 0.717) is 12.3 Å². The summed E-state index contributed by atoms with van der Waals surface area (Å²) in [6, 6.07) is 14.2. The quantitative estimate of drug-likeness (QED) is 0.618. The number of nitrogens with one attached hydrogen (secondary N) is 1. The van der Waals surface area contributed by atoms with E-state index in [2.05, 4.69) is 5.32 Å². The van der Waals surface area contributed by atoms with Gasteiger partial charge in [-0.2, -0.15) is 8.42 Å². The highest BCUT2D eigenvalue weighted by atomic mass is 32.2. The van der Waals surface area contributed by atoms with Gasteiger partial charge in [0.05, 0.1) is 6.61 Å². The zero-order valence-electron chi connectivity index (χ0n) is 12.6. The molecule has 0 saturated heterocycles. The molecule has 0 aromatic heterocycles. The van der Waals surface area contributed by atoms with Gasteiger partial charge in [-0.25, -0.2) is 0 Å². The number of hydrogen-bond acceptors (Lipinski definition) is 6. The van der Waals surface area contributed by atoms with Gasteiger partial charge in [0.25, 0.3) is 0 Å². The van der Waals surface area contributed by atoms with Crippen LogP contribution in [0.3, 0.4) is 0 Å². The van der Waals surface area contributed by atoms with Gasteiger partial charge in [-0.05, 0) is 31.2 Å². The van der Waals surface area contributed by atoms with Crippen LogP contribution in [0.4, 0.5) is 5.69 Å². The molecule has 23 heavy (non-hydrogen) atoms. The van der Waals surface area contributed by atoms with E-state index in [1.54, 1.807) is 37.3 Å². The van der Waals surface area contributed by atoms with Crippen molar-refractivity contribution < 1.29 is 22.1 Å². The van der Waals surface area contributed by atoms with Crippen molar-refractivity contribution >= 4 is 21.8 Å². The predicted molar refractivity (Wildman–Crippen MR) is 85.8 cm³/mol. The monoisotopic (exact) mass is 335 g/mol. The standard InChI is InChI=1S/C16H17NO5S/c1-2-21-16(18)12-17-13-7-6-8-14(11-13)22-23(19,20)15-9-4-3-5-10-15/h3-11,17H,2,12H2,1H3. The highest BCUT2D eigenvalue weighted by Gasteiger charge is 2.16. The van der Waals surface area contributed by atoms with Gasteiger partial charge in [0.1, 0.15) is 17.2 Å². The summed E-state index contributed by atoms with van der Waals surface area (Å²) >= 11 is 0. The fraction of sp³-hybridized carbons (Fsp3) is 0.188. The molecule has 0 atom stereocenters. The van der Waals surface area contributed by atoms with E-state index < -0.39 is 16.1 Å². The van der Waals surface area contributed by atoms with Crippen molar-refractivity contribution in [3.63, 3.8) is 0 Å². The average Bonchev–Trinajstić information content (AvgIpc) is 2.54. The van der Waals surface area contributed by atoms with E-state index in [1.807, 2.05) is 0 Å². The molecule has 2 aromatic rings. The van der Waals surface area contributed by atoms with Crippen LogP contribution in [0.15, 0.2) is 59.5 Å². The Labute approximate surface area is 135 Å². The molecule has 0 unspecified atom stereocenters. The summed E-state index contributed by atoms with van der Waals surface area (Å²) in [6.07, 6.45) is 0. The maximum Gasteiger partial charge on any atom is 0.339 e. The van der Waals surface area contributed by atoms with Crippen LogP contribution in [-0.4, -0.2) is 27.5 Å². The van der Waals surface area contributed by atoms with Crippen LogP contribution in [0.5, 0.6) is 5.75 Å². The summed E-state index contributed by atoms with van der Waals surface area (Å²) in [6.45, 7) is 2.02. The Morgan fingerprint density at radius 3 is 2.52 bits per heavy atom. The van der Waals surface area contributed by atoms with Gasteiger partial charge in [-0.1, -0.05) is 24.3 Å². The second-order valence-corrected chi connectivity index (χ2v) is 6.08. The minimum absolute atomic E-state index is 0.0112. The first kappa shape index (κ1) is 16.8. The molecule has 2 rings (SSSR count). The fourth-order valence-corrected chi connectivity index (χ4v) is 2.75. The lowest BCUT2D eigenvalue weighted by atomic mass is 10.3. The molecule has 2 aromatic carbocycles. The van der Waals surface area contributed by atoms with Crippen LogP contribution in [0.25, 0.3) is 0 Å². The van der Waals surface area contributed by atoms with Crippen LogP contribution in [0.2, 0.25) is 0 Å². The molecule has 122 valence electrons. The van der Waals surface area contributed by atoms with Crippen molar-refractivity contribution in [2.45, 2.75) is 11.8 Å². The molecular weight excluding hydrogens is 318 g/mol. The highest BCUT2D eigenvalue weighted by molar-refractivity contribution is 7.87. The van der Waals surface area contributed by atoms with Crippen molar-refractivity contribution in [1.82, 2.24) is 0 Å². The number of esters is 1. The number of anilines is 1. The molecular formula is C16H17NO5S. The summed E-state index contributed by atoms with van der Waals surface area (Å²) in [5.74, 6) is -0.238. The lowest BCUT2D eigenvalue weighted by molar-refractivity contribution is -0.140. The molecule has 0 aliphatic rings. The van der Waals surface area contributed by atoms with E-state index in [9.17, 15) is 13.2 Å². The van der Waals surface area contributed by atoms with Crippen LogP contribution in [0, 0.1) is 0 Å². The third kappa shape index (κ3) is 5.00. The zero-order valence-corrected chi connectivity index (χ0v) is 13.4. The van der Waals surface area contributed by atoms with Crippen molar-refractivity contribution in [3.8, 4) is 5.75 Å². The van der Waals surface area contributed by atoms with Crippen molar-refractivity contribution in [3.05, 3.63) is 54.6 Å². The largest absolute Gasteiger partial charge is 0.465 e. The number of benzene rings is 2. The fourth-order valence-electron chi connectivity index (χ4n) is 1.81. The van der Waals surface area contributed by atoms with Gasteiger partial charge >= 0.3 is 16.1 Å². The molecule has 0 fully saturated rings. The van der Waals surface area contributed by atoms with Crippen LogP contribution < -0.4 is 9.50 Å². The second kappa shape index (κ2) is 7.64. The Morgan fingerprint density at radius 1 is 1.09 bits per heavy atom. The third-order valence-corrected chi connectivity index (χ3v) is 4.08. The number of rotatable bonds is 7. The Kier molecular flexibility index (Phi) is 5.59. The molecule has 0 amide bonds. The van der Waals surface area contributed by atoms with Crippen LogP contribution in [0.1, 0.15) is 6.92 Å². The smallest absolute Gasteiger partial charge is 0.339 e. The van der Waals surface area contributed by atoms with Gasteiger partial charge < -0.3 is 14.2 Å². The van der Waals surface area contributed by atoms with E-state index in [1.165, 1.54) is 24.3 Å². The average molecular weight is 335 g/mol. The van der Waals surface area contributed by atoms with Crippen LogP contribution >= 0.6 is 0 Å². The summed E-state index contributed by atoms with van der Waals surface area (Å²) in [7, 11) is -3.89. The Morgan fingerprint density at radius 2 is 1.83 bits per heavy atom. The highest BCUT2D eigenvalue weighted by Crippen LogP contribution is 2.21. The number of carbonyl (C=O) groups is 1. The Bertz CT molecular complexity index is 759. The topological polar surface area (TPSA) is 81.7 Å². The minimum atomic E-state index is -3.89. The van der Waals surface area contributed by atoms with Gasteiger partial charge in [0, 0.05) is 11.8 Å². The Hall–Kier alpha value is -2.54. The molecule has 0 radical (unpaired) electrons.